The first-order valence-electron chi connectivity index (χ1n) is 38.8. The summed E-state index contributed by atoms with van der Waals surface area (Å²) in [6.45, 7) is 0. The van der Waals surface area contributed by atoms with Crippen molar-refractivity contribution in [2.75, 3.05) is 0 Å². The van der Waals surface area contributed by atoms with Crippen LogP contribution in [0, 0.1) is 0 Å². The highest BCUT2D eigenvalue weighted by atomic mass is 79.9. The molecule has 0 unspecified atom stereocenters. The van der Waals surface area contributed by atoms with Gasteiger partial charge < -0.3 is 0 Å². The molecular formula is C108H72Br4SSi2. The van der Waals surface area contributed by atoms with Gasteiger partial charge in [0.1, 0.15) is 0 Å². The standard InChI is InChI=1S/C48H32SSi.C36H25BrSi.C18H11Br.C6H4Br2/c1-3-16-34(17-4-1)50(35-18-5-2-6-19-35,37-29-30-43-41-23-8-7-21-39(41)40-22-9-10-24-42(40)46(43)32-37)36-20-13-15-33(31-36)38-26-14-27-45-44-25-11-12-28-47(44)49-48(38)45;37-26-12-11-17-29(24-26)38(27-13-3-1-4-14-27,28-15-5-2-6-16-28)30-22-23-35-33-20-8-7-18-31(33)32-19-9-10-21-34(32)36(35)25-30;19-12-9-10-17-15-7-2-1-5-13(15)14-6-3-4-8-16(14)18(17)11-12;7-5-2-1-3-6(8)4-5/h1-32H;1-25H;1-11H;1-4H. The predicted molar refractivity (Wildman–Crippen MR) is 520 cm³/mol. The number of halogens is 4. The molecule has 0 N–H and O–H groups in total. The Hall–Kier alpha value is -11.5. The first-order valence-corrected chi connectivity index (χ1v) is 46.8. The van der Waals surface area contributed by atoms with Gasteiger partial charge in [-0.3, -0.25) is 0 Å². The Morgan fingerprint density at radius 1 is 0.157 bits per heavy atom. The molecule has 0 atom stereocenters. The molecule has 0 fully saturated rings. The van der Waals surface area contributed by atoms with Gasteiger partial charge in [-0.1, -0.05) is 452 Å². The summed E-state index contributed by atoms with van der Waals surface area (Å²) in [6, 6.07) is 161. The molecule has 1 heterocycles. The first-order chi connectivity index (χ1) is 56.7. The minimum atomic E-state index is -2.83. The quantitative estimate of drug-likeness (QED) is 0.0768. The van der Waals surface area contributed by atoms with Crippen molar-refractivity contribution in [1.82, 2.24) is 0 Å². The van der Waals surface area contributed by atoms with E-state index in [0.29, 0.717) is 0 Å². The van der Waals surface area contributed by atoms with E-state index in [1.807, 2.05) is 35.6 Å². The van der Waals surface area contributed by atoms with E-state index in [4.69, 9.17) is 0 Å². The summed E-state index contributed by atoms with van der Waals surface area (Å²) in [6.07, 6.45) is 0. The molecule has 115 heavy (non-hydrogen) atoms. The van der Waals surface area contributed by atoms with Gasteiger partial charge in [0, 0.05) is 38.1 Å². The maximum absolute atomic E-state index is 3.79. The molecule has 0 amide bonds. The Bertz CT molecular complexity index is 7220. The molecule has 546 valence electrons. The van der Waals surface area contributed by atoms with Crippen LogP contribution in [0.2, 0.25) is 0 Å². The first kappa shape index (κ1) is 73.7. The van der Waals surface area contributed by atoms with Crippen LogP contribution in [0.3, 0.4) is 0 Å². The lowest BCUT2D eigenvalue weighted by atomic mass is 9.94. The number of hydrogen-bond acceptors (Lipinski definition) is 1. The summed E-state index contributed by atoms with van der Waals surface area (Å²) in [5, 5.41) is 37.3. The second-order valence-electron chi connectivity index (χ2n) is 29.3. The summed E-state index contributed by atoms with van der Waals surface area (Å²) < 4.78 is 7.12. The smallest absolute Gasteiger partial charge is 0.135 e. The predicted octanol–water partition coefficient (Wildman–Crippen LogP) is 27.0. The highest BCUT2D eigenvalue weighted by molar-refractivity contribution is 9.11. The van der Waals surface area contributed by atoms with Crippen molar-refractivity contribution in [2.45, 2.75) is 0 Å². The molecule has 0 aliphatic heterocycles. The van der Waals surface area contributed by atoms with Crippen molar-refractivity contribution in [3.8, 4) is 11.1 Å². The minimum absolute atomic E-state index is 1.10. The van der Waals surface area contributed by atoms with Crippen molar-refractivity contribution in [3.63, 3.8) is 0 Å². The van der Waals surface area contributed by atoms with Gasteiger partial charge in [0.2, 0.25) is 0 Å². The van der Waals surface area contributed by atoms with E-state index in [0.717, 1.165) is 17.9 Å². The number of rotatable bonds is 9. The molecule has 0 aliphatic rings. The Morgan fingerprint density at radius 3 is 0.791 bits per heavy atom. The molecule has 22 aromatic rings. The van der Waals surface area contributed by atoms with Crippen molar-refractivity contribution in [2.24, 2.45) is 0 Å². The van der Waals surface area contributed by atoms with Gasteiger partial charge in [0.15, 0.2) is 16.1 Å². The highest BCUT2D eigenvalue weighted by Gasteiger charge is 2.43. The van der Waals surface area contributed by atoms with E-state index in [2.05, 4.69) is 476 Å². The second kappa shape index (κ2) is 32.1. The van der Waals surface area contributed by atoms with Gasteiger partial charge in [-0.25, -0.2) is 0 Å². The third kappa shape index (κ3) is 13.6. The van der Waals surface area contributed by atoms with Gasteiger partial charge in [-0.2, -0.15) is 0 Å². The monoisotopic (exact) mass is 1770 g/mol. The van der Waals surface area contributed by atoms with Crippen molar-refractivity contribution in [3.05, 3.63) is 455 Å². The molecule has 22 rings (SSSR count). The molecular weight excluding hydrogens is 1710 g/mol. The van der Waals surface area contributed by atoms with Crippen LogP contribution in [0.1, 0.15) is 0 Å². The summed E-state index contributed by atoms with van der Waals surface area (Å²) in [5.41, 5.74) is 2.56. The van der Waals surface area contributed by atoms with Gasteiger partial charge in [-0.05, 0) is 198 Å². The van der Waals surface area contributed by atoms with E-state index in [1.165, 1.54) is 170 Å². The second-order valence-corrected chi connectivity index (χ2v) is 41.6. The molecule has 0 spiro atoms. The van der Waals surface area contributed by atoms with Gasteiger partial charge in [0.25, 0.3) is 0 Å². The van der Waals surface area contributed by atoms with Gasteiger partial charge in [-0.15, -0.1) is 11.3 Å². The topological polar surface area (TPSA) is 0 Å². The van der Waals surface area contributed by atoms with Crippen molar-refractivity contribution >= 4 is 250 Å². The van der Waals surface area contributed by atoms with Crippen LogP contribution < -0.4 is 41.5 Å². The molecule has 0 bridgehead atoms. The lowest BCUT2D eigenvalue weighted by Gasteiger charge is -2.35. The number of thiophene rings is 1. The zero-order valence-corrected chi connectivity index (χ0v) is 71.6. The zero-order chi connectivity index (χ0) is 77.4. The van der Waals surface area contributed by atoms with Crippen LogP contribution in [0.5, 0.6) is 0 Å². The van der Waals surface area contributed by atoms with Crippen LogP contribution in [0.4, 0.5) is 0 Å². The highest BCUT2D eigenvalue weighted by Crippen LogP contribution is 2.42. The fraction of sp³-hybridized carbons (Fsp3) is 0. The molecule has 0 aliphatic carbocycles. The fourth-order valence-electron chi connectivity index (χ4n) is 18.0. The normalized spacial score (nSPS) is 11.7. The van der Waals surface area contributed by atoms with Gasteiger partial charge in [0.05, 0.1) is 0 Å². The van der Waals surface area contributed by atoms with Crippen LogP contribution in [-0.4, -0.2) is 16.1 Å². The van der Waals surface area contributed by atoms with E-state index < -0.39 is 16.1 Å². The summed E-state index contributed by atoms with van der Waals surface area (Å²) >= 11 is 15.9. The molecule has 0 saturated heterocycles. The maximum atomic E-state index is 3.79. The average molecular weight is 1780 g/mol. The van der Waals surface area contributed by atoms with Crippen molar-refractivity contribution < 1.29 is 0 Å². The number of fused-ring (bicyclic) bond motifs is 21. The third-order valence-corrected chi connectivity index (χ3v) is 35.6. The molecule has 0 nitrogen and oxygen atoms in total. The van der Waals surface area contributed by atoms with Crippen LogP contribution in [-0.2, 0) is 0 Å². The fourth-order valence-corrected chi connectivity index (χ4v) is 30.9. The minimum Gasteiger partial charge on any atom is -0.135 e. The maximum Gasteiger partial charge on any atom is 0.179 e. The molecule has 0 saturated carbocycles. The largest absolute Gasteiger partial charge is 0.179 e. The SMILES string of the molecule is Brc1ccc2c3ccccc3c3ccccc3c2c1.Brc1cccc(Br)c1.Brc1cccc([Si](c2ccccc2)(c2ccccc2)c2ccc3c4ccccc4c4ccccc4c3c2)c1.c1ccc([Si](c2ccccc2)(c2cccc(-c3cccc4c3sc3ccccc34)c2)c2ccc3c4ccccc4c4ccccc4c3c2)cc1. The average Bonchev–Trinajstić information content (AvgIpc) is 0.869. The van der Waals surface area contributed by atoms with Crippen molar-refractivity contribution in [1.29, 1.82) is 0 Å². The third-order valence-electron chi connectivity index (χ3n) is 22.9. The van der Waals surface area contributed by atoms with Crippen LogP contribution >= 0.6 is 75.1 Å². The Morgan fingerprint density at radius 2 is 0.417 bits per heavy atom. The lowest BCUT2D eigenvalue weighted by Crippen LogP contribution is -2.74. The molecule has 0 radical (unpaired) electrons. The van der Waals surface area contributed by atoms with Gasteiger partial charge >= 0.3 is 0 Å². The Kier molecular flexibility index (Phi) is 20.6. The summed E-state index contributed by atoms with van der Waals surface area (Å²) in [4.78, 5) is 0. The lowest BCUT2D eigenvalue weighted by molar-refractivity contribution is 1.60. The Labute approximate surface area is 708 Å². The number of benzene rings is 21. The Balaban J connectivity index is 0.000000119. The van der Waals surface area contributed by atoms with E-state index in [9.17, 15) is 0 Å². The van der Waals surface area contributed by atoms with E-state index >= 15 is 0 Å². The number of hydrogen-bond donors (Lipinski definition) is 0. The summed E-state index contributed by atoms with van der Waals surface area (Å²) in [5.74, 6) is 0. The van der Waals surface area contributed by atoms with E-state index in [1.54, 1.807) is 0 Å². The van der Waals surface area contributed by atoms with Crippen LogP contribution in [0.25, 0.3) is 128 Å². The molecule has 1 aromatic heterocycles. The molecule has 21 aromatic carbocycles. The van der Waals surface area contributed by atoms with Crippen LogP contribution in [0.15, 0.2) is 455 Å². The summed E-state index contributed by atoms with van der Waals surface area (Å²) in [7, 11) is -5.47. The molecule has 7 heteroatoms. The zero-order valence-electron chi connectivity index (χ0n) is 62.5. The van der Waals surface area contributed by atoms with E-state index in [-0.39, 0.29) is 0 Å².